The summed E-state index contributed by atoms with van der Waals surface area (Å²) in [5.41, 5.74) is 2.96. The van der Waals surface area contributed by atoms with Crippen LogP contribution in [0.5, 0.6) is 0 Å². The number of hydrogen-bond acceptors (Lipinski definition) is 5. The van der Waals surface area contributed by atoms with Crippen LogP contribution in [-0.2, 0) is 4.74 Å². The van der Waals surface area contributed by atoms with E-state index in [2.05, 4.69) is 57.8 Å². The van der Waals surface area contributed by atoms with Gasteiger partial charge >= 0.3 is 6.09 Å². The van der Waals surface area contributed by atoms with Crippen molar-refractivity contribution < 1.29 is 9.53 Å². The zero-order valence-corrected chi connectivity index (χ0v) is 21.0. The quantitative estimate of drug-likeness (QED) is 0.630. The Morgan fingerprint density at radius 3 is 2.55 bits per heavy atom. The van der Waals surface area contributed by atoms with E-state index >= 15 is 0 Å². The minimum atomic E-state index is -0.487. The second-order valence-electron chi connectivity index (χ2n) is 10.2. The van der Waals surface area contributed by atoms with Crippen LogP contribution >= 0.6 is 0 Å². The van der Waals surface area contributed by atoms with Crippen LogP contribution in [0, 0.1) is 5.92 Å². The molecule has 1 unspecified atom stereocenters. The van der Waals surface area contributed by atoms with E-state index < -0.39 is 5.60 Å². The number of carbonyl (C=O) groups is 1. The van der Waals surface area contributed by atoms with E-state index in [-0.39, 0.29) is 11.6 Å². The average Bonchev–Trinajstić information content (AvgIpc) is 3.08. The van der Waals surface area contributed by atoms with Crippen LogP contribution in [0.25, 0.3) is 0 Å². The lowest BCUT2D eigenvalue weighted by atomic mass is 9.90. The van der Waals surface area contributed by atoms with Crippen molar-refractivity contribution in [2.24, 2.45) is 10.9 Å². The Balaban J connectivity index is 2.31. The molecule has 0 bridgehead atoms. The maximum atomic E-state index is 12.6. The highest BCUT2D eigenvalue weighted by molar-refractivity contribution is 6.05. The van der Waals surface area contributed by atoms with Gasteiger partial charge in [-0.1, -0.05) is 26.8 Å². The van der Waals surface area contributed by atoms with Crippen molar-refractivity contribution in [2.45, 2.75) is 86.3 Å². The predicted octanol–water partition coefficient (Wildman–Crippen LogP) is 5.45. The summed E-state index contributed by atoms with van der Waals surface area (Å²) in [7, 11) is 0. The summed E-state index contributed by atoms with van der Waals surface area (Å²) in [5.74, 6) is 1.33. The first-order valence-electron chi connectivity index (χ1n) is 11.6. The number of rotatable bonds is 5. The third-order valence-corrected chi connectivity index (χ3v) is 5.90. The van der Waals surface area contributed by atoms with Gasteiger partial charge in [-0.2, -0.15) is 0 Å². The monoisotopic (exact) mass is 430 g/mol. The number of hydrogen-bond donors (Lipinski definition) is 1. The number of carbonyl (C=O) groups excluding carboxylic acids is 1. The van der Waals surface area contributed by atoms with Crippen molar-refractivity contribution in [1.82, 2.24) is 15.1 Å². The van der Waals surface area contributed by atoms with Crippen molar-refractivity contribution in [3.8, 4) is 0 Å². The number of nitrogens with one attached hydrogen (secondary N) is 1. The fourth-order valence-corrected chi connectivity index (χ4v) is 4.13. The molecule has 0 aromatic carbocycles. The molecule has 31 heavy (non-hydrogen) atoms. The molecule has 1 N–H and O–H groups in total. The first kappa shape index (κ1) is 25.0. The number of piperazine rings is 1. The fourth-order valence-electron chi connectivity index (χ4n) is 4.13. The minimum absolute atomic E-state index is 0.222. The van der Waals surface area contributed by atoms with E-state index in [4.69, 9.17) is 9.73 Å². The number of amidine groups is 1. The van der Waals surface area contributed by atoms with Gasteiger partial charge in [0.1, 0.15) is 11.4 Å². The summed E-state index contributed by atoms with van der Waals surface area (Å²) in [4.78, 5) is 21.6. The SMILES string of the molecule is CC/C=C/NC1=NC=C(C(C)CC)/C1=C(/C)N1CCN(C(=O)OC(C)(C)C)CC1(C)C. The van der Waals surface area contributed by atoms with E-state index in [1.807, 2.05) is 38.1 Å². The molecular weight excluding hydrogens is 388 g/mol. The molecule has 0 aromatic rings. The van der Waals surface area contributed by atoms with E-state index in [0.29, 0.717) is 19.0 Å². The maximum absolute atomic E-state index is 12.6. The zero-order valence-electron chi connectivity index (χ0n) is 21.0. The van der Waals surface area contributed by atoms with Gasteiger partial charge in [-0.05, 0) is 72.1 Å². The van der Waals surface area contributed by atoms with Gasteiger partial charge in [-0.3, -0.25) is 0 Å². The van der Waals surface area contributed by atoms with E-state index in [1.54, 1.807) is 0 Å². The fraction of sp³-hybridized carbons (Fsp3) is 0.680. The Hall–Kier alpha value is -2.24. The molecule has 0 radical (unpaired) electrons. The lowest BCUT2D eigenvalue weighted by molar-refractivity contribution is -0.00575. The van der Waals surface area contributed by atoms with Crippen LogP contribution < -0.4 is 5.32 Å². The van der Waals surface area contributed by atoms with E-state index in [0.717, 1.165) is 25.2 Å². The largest absolute Gasteiger partial charge is 0.444 e. The summed E-state index contributed by atoms with van der Waals surface area (Å²) in [6.07, 6.45) is 7.89. The minimum Gasteiger partial charge on any atom is -0.444 e. The first-order chi connectivity index (χ1) is 14.4. The van der Waals surface area contributed by atoms with E-state index in [1.165, 1.54) is 16.8 Å². The molecular formula is C25H42N4O2. The molecule has 1 amide bonds. The Morgan fingerprint density at radius 2 is 2.00 bits per heavy atom. The molecule has 0 aliphatic carbocycles. The molecule has 2 aliphatic heterocycles. The summed E-state index contributed by atoms with van der Waals surface area (Å²) < 4.78 is 5.61. The van der Waals surface area contributed by atoms with Crippen molar-refractivity contribution in [1.29, 1.82) is 0 Å². The second kappa shape index (κ2) is 9.92. The molecule has 6 nitrogen and oxygen atoms in total. The number of aliphatic imine (C=N–C) groups is 1. The van der Waals surface area contributed by atoms with Gasteiger partial charge in [0.2, 0.25) is 0 Å². The summed E-state index contributed by atoms with van der Waals surface area (Å²) in [6, 6.07) is 0. The van der Waals surface area contributed by atoms with E-state index in [9.17, 15) is 4.79 Å². The third kappa shape index (κ3) is 6.14. The van der Waals surface area contributed by atoms with Crippen LogP contribution in [0.2, 0.25) is 0 Å². The predicted molar refractivity (Wildman–Crippen MR) is 129 cm³/mol. The van der Waals surface area contributed by atoms with Gasteiger partial charge < -0.3 is 19.9 Å². The molecule has 0 saturated carbocycles. The molecule has 0 spiro atoms. The summed E-state index contributed by atoms with van der Waals surface area (Å²) in [5, 5.41) is 3.39. The molecule has 2 rings (SSSR count). The van der Waals surface area contributed by atoms with Crippen LogP contribution in [0.4, 0.5) is 4.79 Å². The Morgan fingerprint density at radius 1 is 1.32 bits per heavy atom. The van der Waals surface area contributed by atoms with Gasteiger partial charge in [0, 0.05) is 37.1 Å². The topological polar surface area (TPSA) is 57.2 Å². The molecule has 2 heterocycles. The Labute approximate surface area is 189 Å². The van der Waals surface area contributed by atoms with Crippen LogP contribution in [-0.4, -0.2) is 52.5 Å². The molecule has 1 fully saturated rings. The van der Waals surface area contributed by atoms with Gasteiger partial charge in [0.25, 0.3) is 0 Å². The van der Waals surface area contributed by atoms with Crippen LogP contribution in [0.3, 0.4) is 0 Å². The van der Waals surface area contributed by atoms with Crippen molar-refractivity contribution in [3.05, 3.63) is 35.3 Å². The molecule has 0 aromatic heterocycles. The van der Waals surface area contributed by atoms with Crippen molar-refractivity contribution in [3.63, 3.8) is 0 Å². The smallest absolute Gasteiger partial charge is 0.410 e. The van der Waals surface area contributed by atoms with Crippen molar-refractivity contribution in [2.75, 3.05) is 19.6 Å². The summed E-state index contributed by atoms with van der Waals surface area (Å²) in [6.45, 7) is 20.9. The third-order valence-electron chi connectivity index (χ3n) is 5.90. The molecule has 174 valence electrons. The van der Waals surface area contributed by atoms with Crippen molar-refractivity contribution >= 4 is 11.9 Å². The van der Waals surface area contributed by atoms with Gasteiger partial charge in [-0.15, -0.1) is 0 Å². The van der Waals surface area contributed by atoms with Gasteiger partial charge in [-0.25, -0.2) is 9.79 Å². The Bertz CT molecular complexity index is 784. The number of amides is 1. The number of ether oxygens (including phenoxy) is 1. The summed E-state index contributed by atoms with van der Waals surface area (Å²) >= 11 is 0. The highest BCUT2D eigenvalue weighted by atomic mass is 16.6. The van der Waals surface area contributed by atoms with Gasteiger partial charge in [0.15, 0.2) is 0 Å². The Kier molecular flexibility index (Phi) is 8.01. The van der Waals surface area contributed by atoms with Crippen LogP contribution in [0.1, 0.15) is 75.2 Å². The molecule has 1 saturated heterocycles. The zero-order chi connectivity index (χ0) is 23.4. The average molecular weight is 431 g/mol. The molecule has 6 heteroatoms. The maximum Gasteiger partial charge on any atom is 0.410 e. The number of nitrogens with zero attached hydrogens (tertiary/aromatic N) is 3. The van der Waals surface area contributed by atoms with Crippen LogP contribution in [0.15, 0.2) is 40.3 Å². The highest BCUT2D eigenvalue weighted by Gasteiger charge is 2.39. The lowest BCUT2D eigenvalue weighted by Crippen LogP contribution is -2.60. The van der Waals surface area contributed by atoms with Gasteiger partial charge in [0.05, 0.1) is 5.54 Å². The molecule has 1 atom stereocenters. The first-order valence-corrected chi connectivity index (χ1v) is 11.6. The normalized spacial score (nSPS) is 21.7. The standard InChI is InChI=1S/C25H42N4O2/c1-10-12-13-26-22-21(20(16-27-22)18(3)11-2)19(4)29-15-14-28(17-25(29,8)9)23(30)31-24(5,6)7/h12-13,16,18H,10-11,14-15,17H2,1-9H3,(H,26,27)/b13-12+,21-19+. The number of allylic oxidation sites excluding steroid dienone is 2. The lowest BCUT2D eigenvalue weighted by Gasteiger charge is -2.49. The molecule has 2 aliphatic rings. The highest BCUT2D eigenvalue weighted by Crippen LogP contribution is 2.35. The second-order valence-corrected chi connectivity index (χ2v) is 10.2.